The van der Waals surface area contributed by atoms with Gasteiger partial charge in [-0.2, -0.15) is 0 Å². The van der Waals surface area contributed by atoms with Crippen LogP contribution in [-0.2, 0) is 5.88 Å². The molecule has 0 aliphatic carbocycles. The Labute approximate surface area is 83.1 Å². The van der Waals surface area contributed by atoms with Crippen molar-refractivity contribution >= 4 is 11.6 Å². The molecule has 0 bridgehead atoms. The second-order valence-electron chi connectivity index (χ2n) is 2.94. The summed E-state index contributed by atoms with van der Waals surface area (Å²) in [5.74, 6) is 1.27. The number of hydrogen-bond donors (Lipinski definition) is 1. The molecule has 0 saturated carbocycles. The van der Waals surface area contributed by atoms with Gasteiger partial charge in [0.2, 0.25) is 0 Å². The van der Waals surface area contributed by atoms with Crippen molar-refractivity contribution in [1.82, 2.24) is 0 Å². The van der Waals surface area contributed by atoms with Gasteiger partial charge in [0.1, 0.15) is 12.4 Å². The average Bonchev–Trinajstić information content (AvgIpc) is 2.15. The molecule has 0 spiro atoms. The maximum absolute atomic E-state index is 8.97. The zero-order valence-electron chi connectivity index (χ0n) is 7.53. The molecule has 0 fully saturated rings. The number of alkyl halides is 1. The summed E-state index contributed by atoms with van der Waals surface area (Å²) in [6, 6.07) is 7.51. The highest BCUT2D eigenvalue weighted by Gasteiger charge is 1.97. The largest absolute Gasteiger partial charge is 0.491 e. The van der Waals surface area contributed by atoms with E-state index >= 15 is 0 Å². The van der Waals surface area contributed by atoms with Crippen molar-refractivity contribution in [2.24, 2.45) is 0 Å². The SMILES string of the molecule is CC(O)COc1ccc(CCl)cc1. The highest BCUT2D eigenvalue weighted by molar-refractivity contribution is 6.17. The minimum atomic E-state index is -0.437. The minimum Gasteiger partial charge on any atom is -0.491 e. The van der Waals surface area contributed by atoms with Gasteiger partial charge in [-0.05, 0) is 24.6 Å². The van der Waals surface area contributed by atoms with Gasteiger partial charge in [0.05, 0.1) is 6.10 Å². The molecule has 0 radical (unpaired) electrons. The molecular weight excluding hydrogens is 188 g/mol. The summed E-state index contributed by atoms with van der Waals surface area (Å²) in [7, 11) is 0. The van der Waals surface area contributed by atoms with Crippen LogP contribution in [0.4, 0.5) is 0 Å². The van der Waals surface area contributed by atoms with Crippen molar-refractivity contribution in [1.29, 1.82) is 0 Å². The van der Waals surface area contributed by atoms with Crippen molar-refractivity contribution in [3.8, 4) is 5.75 Å². The third-order valence-electron chi connectivity index (χ3n) is 1.57. The highest BCUT2D eigenvalue weighted by atomic mass is 35.5. The summed E-state index contributed by atoms with van der Waals surface area (Å²) in [5.41, 5.74) is 1.06. The lowest BCUT2D eigenvalue weighted by atomic mass is 10.2. The van der Waals surface area contributed by atoms with Gasteiger partial charge in [-0.3, -0.25) is 0 Å². The Kier molecular flexibility index (Phi) is 4.06. The first-order valence-corrected chi connectivity index (χ1v) is 4.71. The lowest BCUT2D eigenvalue weighted by Crippen LogP contribution is -2.12. The van der Waals surface area contributed by atoms with E-state index in [0.29, 0.717) is 12.5 Å². The molecule has 0 aliphatic rings. The normalized spacial score (nSPS) is 12.5. The van der Waals surface area contributed by atoms with Crippen molar-refractivity contribution < 1.29 is 9.84 Å². The standard InChI is InChI=1S/C10H13ClO2/c1-8(12)7-13-10-4-2-9(6-11)3-5-10/h2-5,8,12H,6-7H2,1H3. The number of aliphatic hydroxyl groups excluding tert-OH is 1. The molecule has 3 heteroatoms. The van der Waals surface area contributed by atoms with Gasteiger partial charge in [-0.25, -0.2) is 0 Å². The van der Waals surface area contributed by atoms with Crippen LogP contribution in [0, 0.1) is 0 Å². The molecule has 0 amide bonds. The highest BCUT2D eigenvalue weighted by Crippen LogP contribution is 2.13. The van der Waals surface area contributed by atoms with Crippen molar-refractivity contribution in [2.75, 3.05) is 6.61 Å². The van der Waals surface area contributed by atoms with Crippen LogP contribution < -0.4 is 4.74 Å². The Morgan fingerprint density at radius 1 is 1.38 bits per heavy atom. The molecule has 1 aromatic carbocycles. The summed E-state index contributed by atoms with van der Waals surface area (Å²) in [5, 5.41) is 8.97. The van der Waals surface area contributed by atoms with Crippen LogP contribution in [0.5, 0.6) is 5.75 Å². The molecule has 2 nitrogen and oxygen atoms in total. The second-order valence-corrected chi connectivity index (χ2v) is 3.20. The molecule has 0 aliphatic heterocycles. The average molecular weight is 201 g/mol. The smallest absolute Gasteiger partial charge is 0.119 e. The summed E-state index contributed by atoms with van der Waals surface area (Å²) in [4.78, 5) is 0. The Morgan fingerprint density at radius 3 is 2.46 bits per heavy atom. The van der Waals surface area contributed by atoms with Crippen LogP contribution in [0.25, 0.3) is 0 Å². The van der Waals surface area contributed by atoms with E-state index in [1.807, 2.05) is 24.3 Å². The third kappa shape index (κ3) is 3.66. The van der Waals surface area contributed by atoms with Crippen LogP contribution in [-0.4, -0.2) is 17.8 Å². The van der Waals surface area contributed by atoms with E-state index in [1.165, 1.54) is 0 Å². The van der Waals surface area contributed by atoms with Crippen molar-refractivity contribution in [3.05, 3.63) is 29.8 Å². The fourth-order valence-corrected chi connectivity index (χ4v) is 1.07. The third-order valence-corrected chi connectivity index (χ3v) is 1.88. The number of benzene rings is 1. The molecule has 0 saturated heterocycles. The molecule has 13 heavy (non-hydrogen) atoms. The Bertz CT molecular complexity index is 244. The van der Waals surface area contributed by atoms with Gasteiger partial charge in [-0.1, -0.05) is 12.1 Å². The van der Waals surface area contributed by atoms with Gasteiger partial charge >= 0.3 is 0 Å². The monoisotopic (exact) mass is 200 g/mol. The number of rotatable bonds is 4. The predicted molar refractivity (Wildman–Crippen MR) is 53.2 cm³/mol. The van der Waals surface area contributed by atoms with E-state index in [0.717, 1.165) is 11.3 Å². The van der Waals surface area contributed by atoms with E-state index in [-0.39, 0.29) is 0 Å². The Hall–Kier alpha value is -0.730. The first-order valence-electron chi connectivity index (χ1n) is 4.18. The number of aliphatic hydroxyl groups is 1. The predicted octanol–water partition coefficient (Wildman–Crippen LogP) is 2.19. The van der Waals surface area contributed by atoms with E-state index in [9.17, 15) is 0 Å². The fraction of sp³-hybridized carbons (Fsp3) is 0.400. The van der Waals surface area contributed by atoms with Gasteiger partial charge < -0.3 is 9.84 Å². The first kappa shape index (κ1) is 10.4. The van der Waals surface area contributed by atoms with Gasteiger partial charge in [0.15, 0.2) is 0 Å². The maximum atomic E-state index is 8.97. The van der Waals surface area contributed by atoms with Crippen LogP contribution in [0.15, 0.2) is 24.3 Å². The van der Waals surface area contributed by atoms with Gasteiger partial charge in [0, 0.05) is 5.88 Å². The fourth-order valence-electron chi connectivity index (χ4n) is 0.892. The molecule has 1 aromatic rings. The zero-order valence-corrected chi connectivity index (χ0v) is 8.29. The Balaban J connectivity index is 2.49. The topological polar surface area (TPSA) is 29.5 Å². The van der Waals surface area contributed by atoms with Gasteiger partial charge in [0.25, 0.3) is 0 Å². The number of ether oxygens (including phenoxy) is 1. The van der Waals surface area contributed by atoms with Crippen LogP contribution >= 0.6 is 11.6 Å². The van der Waals surface area contributed by atoms with E-state index in [2.05, 4.69) is 0 Å². The van der Waals surface area contributed by atoms with Crippen LogP contribution in [0.1, 0.15) is 12.5 Å². The first-order chi connectivity index (χ1) is 6.22. The zero-order chi connectivity index (χ0) is 9.68. The van der Waals surface area contributed by atoms with Crippen molar-refractivity contribution in [2.45, 2.75) is 18.9 Å². The lowest BCUT2D eigenvalue weighted by molar-refractivity contribution is 0.122. The molecule has 1 rings (SSSR count). The van der Waals surface area contributed by atoms with Crippen molar-refractivity contribution in [3.63, 3.8) is 0 Å². The number of halogens is 1. The van der Waals surface area contributed by atoms with E-state index in [4.69, 9.17) is 21.4 Å². The molecule has 0 heterocycles. The minimum absolute atomic E-state index is 0.320. The van der Waals surface area contributed by atoms with E-state index < -0.39 is 6.10 Å². The van der Waals surface area contributed by atoms with Crippen LogP contribution in [0.3, 0.4) is 0 Å². The Morgan fingerprint density at radius 2 is 2.00 bits per heavy atom. The molecule has 1 atom stereocenters. The summed E-state index contributed by atoms with van der Waals surface area (Å²) < 4.78 is 5.27. The summed E-state index contributed by atoms with van der Waals surface area (Å²) in [6.07, 6.45) is -0.437. The lowest BCUT2D eigenvalue weighted by Gasteiger charge is -2.07. The quantitative estimate of drug-likeness (QED) is 0.755. The second kappa shape index (κ2) is 5.10. The summed E-state index contributed by atoms with van der Waals surface area (Å²) in [6.45, 7) is 2.01. The molecule has 72 valence electrons. The van der Waals surface area contributed by atoms with Crippen LogP contribution in [0.2, 0.25) is 0 Å². The molecule has 0 aromatic heterocycles. The van der Waals surface area contributed by atoms with E-state index in [1.54, 1.807) is 6.92 Å². The molecular formula is C10H13ClO2. The summed E-state index contributed by atoms with van der Waals surface area (Å²) >= 11 is 5.63. The molecule has 1 unspecified atom stereocenters. The van der Waals surface area contributed by atoms with Gasteiger partial charge in [-0.15, -0.1) is 11.6 Å². The maximum Gasteiger partial charge on any atom is 0.119 e. The number of hydrogen-bond acceptors (Lipinski definition) is 2. The molecule has 1 N–H and O–H groups in total.